The van der Waals surface area contributed by atoms with Crippen LogP contribution < -0.4 is 5.73 Å². The molecule has 0 amide bonds. The summed E-state index contributed by atoms with van der Waals surface area (Å²) in [6, 6.07) is 14.2. The smallest absolute Gasteiger partial charge is 0.142 e. The van der Waals surface area contributed by atoms with E-state index in [1.54, 1.807) is 12.1 Å². The van der Waals surface area contributed by atoms with Gasteiger partial charge in [0.15, 0.2) is 0 Å². The van der Waals surface area contributed by atoms with E-state index in [2.05, 4.69) is 0 Å². The molecular weight excluding hydrogens is 247 g/mol. The number of rotatable bonds is 3. The molecule has 0 spiro atoms. The molecule has 0 fully saturated rings. The van der Waals surface area contributed by atoms with Crippen molar-refractivity contribution in [3.05, 3.63) is 59.4 Å². The van der Waals surface area contributed by atoms with E-state index in [1.807, 2.05) is 30.3 Å². The normalized spacial score (nSPS) is 10.1. The minimum atomic E-state index is -0.485. The van der Waals surface area contributed by atoms with Gasteiger partial charge in [0, 0.05) is 16.3 Å². The maximum atomic E-state index is 13.4. The van der Waals surface area contributed by atoms with E-state index in [0.717, 1.165) is 10.5 Å². The Morgan fingerprint density at radius 2 is 1.89 bits per heavy atom. The van der Waals surface area contributed by atoms with E-state index in [9.17, 15) is 4.39 Å². The minimum Gasteiger partial charge on any atom is -0.326 e. The van der Waals surface area contributed by atoms with Crippen LogP contribution in [0.1, 0.15) is 11.1 Å². The lowest BCUT2D eigenvalue weighted by molar-refractivity contribution is 0.620. The topological polar surface area (TPSA) is 49.8 Å². The van der Waals surface area contributed by atoms with Crippen LogP contribution in [0.5, 0.6) is 0 Å². The monoisotopic (exact) mass is 258 g/mol. The molecule has 2 aromatic carbocycles. The molecule has 0 atom stereocenters. The van der Waals surface area contributed by atoms with Crippen molar-refractivity contribution in [2.24, 2.45) is 5.73 Å². The van der Waals surface area contributed by atoms with Gasteiger partial charge in [-0.05, 0) is 29.8 Å². The van der Waals surface area contributed by atoms with Crippen molar-refractivity contribution in [1.82, 2.24) is 0 Å². The summed E-state index contributed by atoms with van der Waals surface area (Å²) in [5.74, 6) is -0.485. The third-order valence-corrected chi connectivity index (χ3v) is 3.54. The zero-order valence-corrected chi connectivity index (χ0v) is 10.4. The molecule has 0 radical (unpaired) electrons. The fourth-order valence-electron chi connectivity index (χ4n) is 1.52. The Labute approximate surface area is 109 Å². The number of halogens is 1. The summed E-state index contributed by atoms with van der Waals surface area (Å²) in [6.45, 7) is 0.494. The van der Waals surface area contributed by atoms with Crippen LogP contribution in [0.25, 0.3) is 0 Å². The quantitative estimate of drug-likeness (QED) is 0.918. The Morgan fingerprint density at radius 1 is 1.17 bits per heavy atom. The van der Waals surface area contributed by atoms with Crippen molar-refractivity contribution in [2.45, 2.75) is 16.3 Å². The van der Waals surface area contributed by atoms with Gasteiger partial charge in [-0.1, -0.05) is 30.0 Å². The molecule has 2 N–H and O–H groups in total. The van der Waals surface area contributed by atoms with Gasteiger partial charge >= 0.3 is 0 Å². The molecular formula is C14H11FN2S. The molecule has 2 nitrogen and oxygen atoms in total. The Morgan fingerprint density at radius 3 is 2.50 bits per heavy atom. The highest BCUT2D eigenvalue weighted by molar-refractivity contribution is 7.99. The number of nitriles is 1. The van der Waals surface area contributed by atoms with E-state index in [-0.39, 0.29) is 5.56 Å². The highest BCUT2D eigenvalue weighted by Crippen LogP contribution is 2.31. The number of hydrogen-bond donors (Lipinski definition) is 1. The second kappa shape index (κ2) is 5.67. The van der Waals surface area contributed by atoms with Crippen LogP contribution in [-0.2, 0) is 6.54 Å². The molecule has 4 heteroatoms. The summed E-state index contributed by atoms with van der Waals surface area (Å²) in [5.41, 5.74) is 6.65. The van der Waals surface area contributed by atoms with E-state index in [0.29, 0.717) is 11.4 Å². The predicted octanol–water partition coefficient (Wildman–Crippen LogP) is 3.31. The van der Waals surface area contributed by atoms with Gasteiger partial charge in [-0.25, -0.2) is 4.39 Å². The van der Waals surface area contributed by atoms with Gasteiger partial charge in [-0.15, -0.1) is 0 Å². The van der Waals surface area contributed by atoms with Gasteiger partial charge in [-0.3, -0.25) is 0 Å². The summed E-state index contributed by atoms with van der Waals surface area (Å²) < 4.78 is 13.4. The van der Waals surface area contributed by atoms with Crippen LogP contribution in [0.4, 0.5) is 4.39 Å². The molecule has 0 saturated heterocycles. The van der Waals surface area contributed by atoms with Crippen molar-refractivity contribution >= 4 is 11.8 Å². The number of nitrogens with two attached hydrogens (primary N) is 1. The predicted molar refractivity (Wildman–Crippen MR) is 69.6 cm³/mol. The first-order valence-electron chi connectivity index (χ1n) is 5.40. The summed E-state index contributed by atoms with van der Waals surface area (Å²) in [6.07, 6.45) is 0. The molecule has 18 heavy (non-hydrogen) atoms. The van der Waals surface area contributed by atoms with E-state index >= 15 is 0 Å². The van der Waals surface area contributed by atoms with Gasteiger partial charge in [0.1, 0.15) is 17.4 Å². The molecule has 0 aliphatic heterocycles. The number of benzene rings is 2. The average molecular weight is 258 g/mol. The summed E-state index contributed by atoms with van der Waals surface area (Å²) in [7, 11) is 0. The highest BCUT2D eigenvalue weighted by Gasteiger charge is 2.08. The molecule has 2 rings (SSSR count). The molecule has 0 bridgehead atoms. The van der Waals surface area contributed by atoms with Crippen LogP contribution in [0.3, 0.4) is 0 Å². The molecule has 0 aliphatic rings. The number of hydrogen-bond acceptors (Lipinski definition) is 3. The molecule has 0 aliphatic carbocycles. The van der Waals surface area contributed by atoms with Crippen LogP contribution in [0, 0.1) is 17.1 Å². The molecule has 0 aromatic heterocycles. The lowest BCUT2D eigenvalue weighted by Gasteiger charge is -2.05. The maximum Gasteiger partial charge on any atom is 0.142 e. The second-order valence-corrected chi connectivity index (χ2v) is 4.79. The second-order valence-electron chi connectivity index (χ2n) is 3.67. The van der Waals surface area contributed by atoms with Crippen molar-refractivity contribution in [3.8, 4) is 6.07 Å². The number of nitrogens with zero attached hydrogens (tertiary/aromatic N) is 1. The van der Waals surface area contributed by atoms with Crippen molar-refractivity contribution in [2.75, 3.05) is 0 Å². The van der Waals surface area contributed by atoms with Gasteiger partial charge in [0.2, 0.25) is 0 Å². The molecule has 0 unspecified atom stereocenters. The van der Waals surface area contributed by atoms with E-state index in [4.69, 9.17) is 11.0 Å². The van der Waals surface area contributed by atoms with Crippen molar-refractivity contribution in [3.63, 3.8) is 0 Å². The van der Waals surface area contributed by atoms with Gasteiger partial charge in [0.25, 0.3) is 0 Å². The molecule has 90 valence electrons. The summed E-state index contributed by atoms with van der Waals surface area (Å²) in [5, 5.41) is 8.94. The zero-order valence-electron chi connectivity index (χ0n) is 9.56. The molecule has 0 saturated carbocycles. The SMILES string of the molecule is N#Cc1c(F)cccc1Sc1ccc(CN)cc1. The third-order valence-electron chi connectivity index (χ3n) is 2.47. The van der Waals surface area contributed by atoms with Crippen LogP contribution >= 0.6 is 11.8 Å². The van der Waals surface area contributed by atoms with Crippen LogP contribution in [0.15, 0.2) is 52.3 Å². The lowest BCUT2D eigenvalue weighted by atomic mass is 10.2. The van der Waals surface area contributed by atoms with Crippen LogP contribution in [-0.4, -0.2) is 0 Å². The largest absolute Gasteiger partial charge is 0.326 e. The third kappa shape index (κ3) is 2.70. The molecule has 2 aromatic rings. The zero-order chi connectivity index (χ0) is 13.0. The summed E-state index contributed by atoms with van der Waals surface area (Å²) in [4.78, 5) is 1.58. The fourth-order valence-corrected chi connectivity index (χ4v) is 2.44. The first-order chi connectivity index (χ1) is 8.74. The minimum absolute atomic E-state index is 0.0883. The van der Waals surface area contributed by atoms with Crippen molar-refractivity contribution < 1.29 is 4.39 Å². The Bertz CT molecular complexity index is 588. The fraction of sp³-hybridized carbons (Fsp3) is 0.0714. The lowest BCUT2D eigenvalue weighted by Crippen LogP contribution is -1.95. The Kier molecular flexibility index (Phi) is 3.98. The first-order valence-corrected chi connectivity index (χ1v) is 6.21. The summed E-state index contributed by atoms with van der Waals surface area (Å²) >= 11 is 1.37. The molecule has 0 heterocycles. The van der Waals surface area contributed by atoms with E-state index < -0.39 is 5.82 Å². The van der Waals surface area contributed by atoms with Crippen LogP contribution in [0.2, 0.25) is 0 Å². The highest BCUT2D eigenvalue weighted by atomic mass is 32.2. The van der Waals surface area contributed by atoms with E-state index in [1.165, 1.54) is 17.8 Å². The van der Waals surface area contributed by atoms with Crippen molar-refractivity contribution in [1.29, 1.82) is 5.26 Å². The first kappa shape index (κ1) is 12.6. The maximum absolute atomic E-state index is 13.4. The average Bonchev–Trinajstić information content (AvgIpc) is 2.40. The standard InChI is InChI=1S/C14H11FN2S/c15-13-2-1-3-14(12(13)9-17)18-11-6-4-10(8-16)5-7-11/h1-7H,8,16H2. The van der Waals surface area contributed by atoms with Gasteiger partial charge in [-0.2, -0.15) is 5.26 Å². The Hall–Kier alpha value is -1.83. The van der Waals surface area contributed by atoms with Gasteiger partial charge < -0.3 is 5.73 Å². The van der Waals surface area contributed by atoms with Gasteiger partial charge in [0.05, 0.1) is 0 Å². The Balaban J connectivity index is 2.28.